The van der Waals surface area contributed by atoms with Gasteiger partial charge in [-0.15, -0.1) is 0 Å². The molecular formula is C15H20N4O2. The molecular weight excluding hydrogens is 268 g/mol. The number of nitrogen functional groups attached to an aromatic ring is 1. The summed E-state index contributed by atoms with van der Waals surface area (Å²) in [7, 11) is 0. The first kappa shape index (κ1) is 15.1. The first-order valence-electron chi connectivity index (χ1n) is 6.84. The van der Waals surface area contributed by atoms with E-state index in [1.54, 1.807) is 29.1 Å². The molecule has 6 nitrogen and oxygen atoms in total. The average Bonchev–Trinajstić information content (AvgIpc) is 2.96. The third-order valence-electron chi connectivity index (χ3n) is 3.46. The van der Waals surface area contributed by atoms with E-state index < -0.39 is 0 Å². The number of aliphatic hydroxyl groups is 1. The van der Waals surface area contributed by atoms with Gasteiger partial charge in [0.1, 0.15) is 0 Å². The van der Waals surface area contributed by atoms with Gasteiger partial charge in [-0.05, 0) is 37.1 Å². The summed E-state index contributed by atoms with van der Waals surface area (Å²) in [6.45, 7) is 3.75. The number of hydrogen-bond donors (Lipinski definition) is 3. The molecule has 112 valence electrons. The Balaban J connectivity index is 2.11. The van der Waals surface area contributed by atoms with Gasteiger partial charge < -0.3 is 16.2 Å². The predicted molar refractivity (Wildman–Crippen MR) is 81.2 cm³/mol. The molecule has 0 saturated heterocycles. The molecule has 21 heavy (non-hydrogen) atoms. The first-order chi connectivity index (χ1) is 10.0. The number of aliphatic hydroxyl groups excluding tert-OH is 1. The molecule has 0 radical (unpaired) electrons. The van der Waals surface area contributed by atoms with E-state index in [1.807, 2.05) is 26.0 Å². The number of benzene rings is 1. The van der Waals surface area contributed by atoms with Crippen molar-refractivity contribution in [2.75, 3.05) is 12.3 Å². The summed E-state index contributed by atoms with van der Waals surface area (Å²) < 4.78 is 1.60. The van der Waals surface area contributed by atoms with Crippen LogP contribution < -0.4 is 11.1 Å². The van der Waals surface area contributed by atoms with Crippen molar-refractivity contribution in [2.24, 2.45) is 5.92 Å². The molecule has 2 atom stereocenters. The zero-order valence-electron chi connectivity index (χ0n) is 12.2. The van der Waals surface area contributed by atoms with Crippen molar-refractivity contribution < 1.29 is 9.90 Å². The largest absolute Gasteiger partial charge is 0.399 e. The molecule has 1 heterocycles. The minimum absolute atomic E-state index is 0.00930. The Morgan fingerprint density at radius 2 is 2.19 bits per heavy atom. The highest BCUT2D eigenvalue weighted by Gasteiger charge is 2.17. The Morgan fingerprint density at radius 3 is 2.86 bits per heavy atom. The molecule has 0 spiro atoms. The van der Waals surface area contributed by atoms with Gasteiger partial charge in [0.05, 0.1) is 5.69 Å². The summed E-state index contributed by atoms with van der Waals surface area (Å²) in [6.07, 6.45) is 1.71. The van der Waals surface area contributed by atoms with Gasteiger partial charge in [0.2, 0.25) is 0 Å². The highest BCUT2D eigenvalue weighted by atomic mass is 16.3. The fraction of sp³-hybridized carbons (Fsp3) is 0.333. The molecule has 1 aromatic heterocycles. The molecule has 0 bridgehead atoms. The van der Waals surface area contributed by atoms with Crippen molar-refractivity contribution in [1.29, 1.82) is 0 Å². The summed E-state index contributed by atoms with van der Waals surface area (Å²) in [6, 6.07) is 8.79. The van der Waals surface area contributed by atoms with E-state index in [-0.39, 0.29) is 24.5 Å². The van der Waals surface area contributed by atoms with E-state index in [4.69, 9.17) is 10.8 Å². The lowest BCUT2D eigenvalue weighted by atomic mass is 10.1. The van der Waals surface area contributed by atoms with E-state index in [0.717, 1.165) is 5.69 Å². The van der Waals surface area contributed by atoms with Crippen molar-refractivity contribution in [3.05, 3.63) is 42.2 Å². The Morgan fingerprint density at radius 1 is 1.43 bits per heavy atom. The predicted octanol–water partition coefficient (Wildman–Crippen LogP) is 1.20. The lowest BCUT2D eigenvalue weighted by Gasteiger charge is -2.18. The molecule has 0 saturated carbocycles. The standard InChI is InChI=1S/C15H20N4O2/c1-10(9-20)11(2)17-15(21)14-6-7-19(18-14)13-5-3-4-12(16)8-13/h3-8,10-11,20H,9,16H2,1-2H3,(H,17,21). The Labute approximate surface area is 123 Å². The van der Waals surface area contributed by atoms with E-state index in [2.05, 4.69) is 10.4 Å². The van der Waals surface area contributed by atoms with Gasteiger partial charge in [-0.25, -0.2) is 4.68 Å². The lowest BCUT2D eigenvalue weighted by molar-refractivity contribution is 0.0911. The van der Waals surface area contributed by atoms with Crippen molar-refractivity contribution >= 4 is 11.6 Å². The van der Waals surface area contributed by atoms with Crippen molar-refractivity contribution in [3.63, 3.8) is 0 Å². The number of nitrogens with zero attached hydrogens (tertiary/aromatic N) is 2. The SMILES string of the molecule is CC(CO)C(C)NC(=O)c1ccn(-c2cccc(N)c2)n1. The molecule has 1 aromatic carbocycles. The van der Waals surface area contributed by atoms with Crippen LogP contribution in [0.25, 0.3) is 5.69 Å². The molecule has 1 amide bonds. The molecule has 0 aliphatic rings. The number of amides is 1. The second kappa shape index (κ2) is 6.41. The number of hydrogen-bond acceptors (Lipinski definition) is 4. The second-order valence-electron chi connectivity index (χ2n) is 5.16. The van der Waals surface area contributed by atoms with Crippen LogP contribution in [0, 0.1) is 5.92 Å². The van der Waals surface area contributed by atoms with Crippen LogP contribution in [-0.2, 0) is 0 Å². The van der Waals surface area contributed by atoms with Gasteiger partial charge in [0.15, 0.2) is 5.69 Å². The number of nitrogens with one attached hydrogen (secondary N) is 1. The molecule has 0 aliphatic heterocycles. The highest BCUT2D eigenvalue weighted by Crippen LogP contribution is 2.12. The Hall–Kier alpha value is -2.34. The van der Waals surface area contributed by atoms with Crippen LogP contribution in [0.1, 0.15) is 24.3 Å². The van der Waals surface area contributed by atoms with Crippen LogP contribution in [0.4, 0.5) is 5.69 Å². The van der Waals surface area contributed by atoms with Crippen LogP contribution in [-0.4, -0.2) is 33.4 Å². The van der Waals surface area contributed by atoms with E-state index >= 15 is 0 Å². The summed E-state index contributed by atoms with van der Waals surface area (Å²) in [4.78, 5) is 12.1. The van der Waals surface area contributed by atoms with E-state index in [1.165, 1.54) is 0 Å². The number of anilines is 1. The molecule has 2 rings (SSSR count). The van der Waals surface area contributed by atoms with Gasteiger partial charge in [-0.1, -0.05) is 13.0 Å². The maximum absolute atomic E-state index is 12.1. The van der Waals surface area contributed by atoms with Gasteiger partial charge in [0, 0.05) is 24.5 Å². The Bertz CT molecular complexity index is 624. The number of rotatable bonds is 5. The van der Waals surface area contributed by atoms with E-state index in [9.17, 15) is 4.79 Å². The van der Waals surface area contributed by atoms with Crippen molar-refractivity contribution in [3.8, 4) is 5.69 Å². The quantitative estimate of drug-likeness (QED) is 0.721. The van der Waals surface area contributed by atoms with Crippen molar-refractivity contribution in [2.45, 2.75) is 19.9 Å². The van der Waals surface area contributed by atoms with Crippen LogP contribution in [0.5, 0.6) is 0 Å². The van der Waals surface area contributed by atoms with E-state index in [0.29, 0.717) is 11.4 Å². The normalized spacial score (nSPS) is 13.7. The molecule has 0 aliphatic carbocycles. The van der Waals surface area contributed by atoms with Gasteiger partial charge in [0.25, 0.3) is 5.91 Å². The van der Waals surface area contributed by atoms with Crippen molar-refractivity contribution in [1.82, 2.24) is 15.1 Å². The molecule has 0 fully saturated rings. The minimum Gasteiger partial charge on any atom is -0.399 e. The summed E-state index contributed by atoms with van der Waals surface area (Å²) in [5.41, 5.74) is 7.50. The third-order valence-corrected chi connectivity index (χ3v) is 3.46. The number of aromatic nitrogens is 2. The second-order valence-corrected chi connectivity index (χ2v) is 5.16. The van der Waals surface area contributed by atoms with Crippen LogP contribution in [0.3, 0.4) is 0 Å². The third kappa shape index (κ3) is 3.61. The minimum atomic E-state index is -0.259. The Kier molecular flexibility index (Phi) is 4.59. The molecule has 2 unspecified atom stereocenters. The maximum Gasteiger partial charge on any atom is 0.272 e. The zero-order chi connectivity index (χ0) is 15.4. The van der Waals surface area contributed by atoms with Gasteiger partial charge >= 0.3 is 0 Å². The van der Waals surface area contributed by atoms with Gasteiger partial charge in [-0.3, -0.25) is 4.79 Å². The van der Waals surface area contributed by atoms with Gasteiger partial charge in [-0.2, -0.15) is 5.10 Å². The summed E-state index contributed by atoms with van der Waals surface area (Å²) in [5, 5.41) is 16.2. The molecule has 4 N–H and O–H groups in total. The smallest absolute Gasteiger partial charge is 0.272 e. The summed E-state index contributed by atoms with van der Waals surface area (Å²) >= 11 is 0. The first-order valence-corrected chi connectivity index (χ1v) is 6.84. The highest BCUT2D eigenvalue weighted by molar-refractivity contribution is 5.92. The molecule has 2 aromatic rings. The number of carbonyl (C=O) groups excluding carboxylic acids is 1. The van der Waals surface area contributed by atoms with Crippen LogP contribution >= 0.6 is 0 Å². The fourth-order valence-electron chi connectivity index (χ4n) is 1.84. The number of nitrogens with two attached hydrogens (primary N) is 1. The lowest BCUT2D eigenvalue weighted by Crippen LogP contribution is -2.38. The average molecular weight is 288 g/mol. The molecule has 6 heteroatoms. The summed E-state index contributed by atoms with van der Waals surface area (Å²) in [5.74, 6) is -0.268. The maximum atomic E-state index is 12.1. The van der Waals surface area contributed by atoms with Crippen LogP contribution in [0.2, 0.25) is 0 Å². The number of carbonyl (C=O) groups is 1. The van der Waals surface area contributed by atoms with Crippen LogP contribution in [0.15, 0.2) is 36.5 Å². The monoisotopic (exact) mass is 288 g/mol. The topological polar surface area (TPSA) is 93.2 Å². The zero-order valence-corrected chi connectivity index (χ0v) is 12.2. The fourth-order valence-corrected chi connectivity index (χ4v) is 1.84.